The third kappa shape index (κ3) is 2.88. The molecule has 21 heavy (non-hydrogen) atoms. The largest absolute Gasteiger partial charge is 0.482 e. The number of pyridine rings is 1. The van der Waals surface area contributed by atoms with Crippen molar-refractivity contribution < 1.29 is 4.74 Å². The van der Waals surface area contributed by atoms with Gasteiger partial charge in [0.2, 0.25) is 0 Å². The highest BCUT2D eigenvalue weighted by Gasteiger charge is 2.19. The molecule has 106 valence electrons. The zero-order chi connectivity index (χ0) is 14.7. The number of hydrogen-bond donors (Lipinski definition) is 1. The van der Waals surface area contributed by atoms with Crippen LogP contribution in [0.5, 0.6) is 5.75 Å². The Morgan fingerprint density at radius 2 is 1.71 bits per heavy atom. The minimum atomic E-state index is -0.196. The molecule has 2 atom stereocenters. The number of benzene rings is 2. The van der Waals surface area contributed by atoms with Crippen LogP contribution in [0.4, 0.5) is 0 Å². The molecule has 3 heteroatoms. The lowest BCUT2D eigenvalue weighted by molar-refractivity contribution is 0.182. The molecule has 2 aromatic carbocycles. The van der Waals surface area contributed by atoms with Gasteiger partial charge in [-0.05, 0) is 24.6 Å². The van der Waals surface area contributed by atoms with E-state index in [0.717, 1.165) is 22.2 Å². The van der Waals surface area contributed by atoms with E-state index in [1.165, 1.54) is 0 Å². The van der Waals surface area contributed by atoms with E-state index in [2.05, 4.69) is 4.98 Å². The van der Waals surface area contributed by atoms with Gasteiger partial charge in [-0.2, -0.15) is 0 Å². The summed E-state index contributed by atoms with van der Waals surface area (Å²) >= 11 is 0. The Labute approximate surface area is 124 Å². The number of fused-ring (bicyclic) bond motifs is 1. The molecule has 3 aromatic rings. The van der Waals surface area contributed by atoms with Crippen LogP contribution in [0.15, 0.2) is 66.9 Å². The fourth-order valence-electron chi connectivity index (χ4n) is 2.43. The molecule has 2 unspecified atom stereocenters. The predicted molar refractivity (Wildman–Crippen MR) is 85.2 cm³/mol. The van der Waals surface area contributed by atoms with E-state index in [-0.39, 0.29) is 12.1 Å². The number of hydrogen-bond acceptors (Lipinski definition) is 3. The Hall–Kier alpha value is -2.39. The number of aromatic nitrogens is 1. The van der Waals surface area contributed by atoms with Crippen molar-refractivity contribution in [2.75, 3.05) is 0 Å². The zero-order valence-corrected chi connectivity index (χ0v) is 11.9. The molecule has 0 aliphatic rings. The van der Waals surface area contributed by atoms with Crippen molar-refractivity contribution in [3.05, 3.63) is 72.4 Å². The smallest absolute Gasteiger partial charge is 0.146 e. The summed E-state index contributed by atoms with van der Waals surface area (Å²) in [5, 5.41) is 1.06. The van der Waals surface area contributed by atoms with Crippen LogP contribution in [0.3, 0.4) is 0 Å². The van der Waals surface area contributed by atoms with Gasteiger partial charge in [0, 0.05) is 17.6 Å². The fraction of sp³-hybridized carbons (Fsp3) is 0.167. The van der Waals surface area contributed by atoms with Crippen molar-refractivity contribution in [1.82, 2.24) is 4.98 Å². The van der Waals surface area contributed by atoms with Gasteiger partial charge in [0.25, 0.3) is 0 Å². The molecule has 1 heterocycles. The van der Waals surface area contributed by atoms with Crippen molar-refractivity contribution in [3.63, 3.8) is 0 Å². The molecule has 0 bridgehead atoms. The lowest BCUT2D eigenvalue weighted by Gasteiger charge is -2.23. The van der Waals surface area contributed by atoms with Crippen molar-refractivity contribution in [2.45, 2.75) is 19.1 Å². The van der Waals surface area contributed by atoms with E-state index in [9.17, 15) is 0 Å². The molecular formula is C18H18N2O. The molecule has 0 spiro atoms. The summed E-state index contributed by atoms with van der Waals surface area (Å²) in [7, 11) is 0. The summed E-state index contributed by atoms with van der Waals surface area (Å²) < 4.78 is 6.19. The Bertz CT molecular complexity index is 720. The van der Waals surface area contributed by atoms with Crippen molar-refractivity contribution in [3.8, 4) is 5.75 Å². The molecule has 3 nitrogen and oxygen atoms in total. The Morgan fingerprint density at radius 1 is 0.952 bits per heavy atom. The second-order valence-electron chi connectivity index (χ2n) is 5.14. The first-order valence-corrected chi connectivity index (χ1v) is 7.06. The van der Waals surface area contributed by atoms with Crippen molar-refractivity contribution >= 4 is 10.9 Å². The van der Waals surface area contributed by atoms with Gasteiger partial charge in [-0.1, -0.05) is 48.5 Å². The summed E-state index contributed by atoms with van der Waals surface area (Å²) in [4.78, 5) is 4.42. The normalized spacial score (nSPS) is 13.8. The van der Waals surface area contributed by atoms with Gasteiger partial charge >= 0.3 is 0 Å². The maximum Gasteiger partial charge on any atom is 0.146 e. The van der Waals surface area contributed by atoms with Crippen LogP contribution < -0.4 is 10.5 Å². The molecule has 0 amide bonds. The van der Waals surface area contributed by atoms with E-state index < -0.39 is 0 Å². The third-order valence-electron chi connectivity index (χ3n) is 3.46. The van der Waals surface area contributed by atoms with Gasteiger partial charge in [-0.15, -0.1) is 0 Å². The number of para-hydroxylation sites is 1. The van der Waals surface area contributed by atoms with E-state index >= 15 is 0 Å². The zero-order valence-electron chi connectivity index (χ0n) is 11.9. The summed E-state index contributed by atoms with van der Waals surface area (Å²) in [6.45, 7) is 1.95. The first kappa shape index (κ1) is 13.6. The first-order chi connectivity index (χ1) is 10.3. The average Bonchev–Trinajstić information content (AvgIpc) is 2.53. The average molecular weight is 278 g/mol. The lowest BCUT2D eigenvalue weighted by atomic mass is 10.0. The standard InChI is InChI=1S/C18H18N2O/c1-13(19)18(15-7-3-2-4-8-15)21-16-11-5-9-14-10-6-12-20-17(14)16/h2-13,18H,19H2,1H3. The van der Waals surface area contributed by atoms with E-state index in [1.807, 2.05) is 67.6 Å². The van der Waals surface area contributed by atoms with Gasteiger partial charge < -0.3 is 10.5 Å². The van der Waals surface area contributed by atoms with Gasteiger partial charge in [0.1, 0.15) is 17.4 Å². The van der Waals surface area contributed by atoms with Gasteiger partial charge in [-0.3, -0.25) is 4.98 Å². The number of rotatable bonds is 4. The topological polar surface area (TPSA) is 48.1 Å². The van der Waals surface area contributed by atoms with Gasteiger partial charge in [-0.25, -0.2) is 0 Å². The second-order valence-corrected chi connectivity index (χ2v) is 5.14. The van der Waals surface area contributed by atoms with E-state index in [1.54, 1.807) is 6.20 Å². The van der Waals surface area contributed by atoms with Crippen LogP contribution >= 0.6 is 0 Å². The summed E-state index contributed by atoms with van der Waals surface area (Å²) in [5.41, 5.74) is 8.05. The molecule has 0 aliphatic heterocycles. The van der Waals surface area contributed by atoms with E-state index in [0.29, 0.717) is 0 Å². The number of nitrogens with two attached hydrogens (primary N) is 1. The minimum absolute atomic E-state index is 0.119. The highest BCUT2D eigenvalue weighted by Crippen LogP contribution is 2.29. The molecule has 0 aliphatic carbocycles. The number of nitrogens with zero attached hydrogens (tertiary/aromatic N) is 1. The van der Waals surface area contributed by atoms with Crippen LogP contribution in [0.2, 0.25) is 0 Å². The molecular weight excluding hydrogens is 260 g/mol. The predicted octanol–water partition coefficient (Wildman–Crippen LogP) is 3.70. The highest BCUT2D eigenvalue weighted by molar-refractivity contribution is 5.84. The molecule has 0 fully saturated rings. The van der Waals surface area contributed by atoms with Crippen molar-refractivity contribution in [1.29, 1.82) is 0 Å². The van der Waals surface area contributed by atoms with E-state index in [4.69, 9.17) is 10.5 Å². The van der Waals surface area contributed by atoms with Crippen LogP contribution in [0.25, 0.3) is 10.9 Å². The van der Waals surface area contributed by atoms with Gasteiger partial charge in [0.05, 0.1) is 0 Å². The monoisotopic (exact) mass is 278 g/mol. The number of ether oxygens (including phenoxy) is 1. The minimum Gasteiger partial charge on any atom is -0.482 e. The quantitative estimate of drug-likeness (QED) is 0.791. The van der Waals surface area contributed by atoms with Crippen LogP contribution in [-0.2, 0) is 0 Å². The highest BCUT2D eigenvalue weighted by atomic mass is 16.5. The Kier molecular flexibility index (Phi) is 3.84. The molecule has 0 radical (unpaired) electrons. The van der Waals surface area contributed by atoms with Crippen LogP contribution in [-0.4, -0.2) is 11.0 Å². The van der Waals surface area contributed by atoms with Gasteiger partial charge in [0.15, 0.2) is 0 Å². The Morgan fingerprint density at radius 3 is 2.48 bits per heavy atom. The summed E-state index contributed by atoms with van der Waals surface area (Å²) in [6.07, 6.45) is 1.58. The summed E-state index contributed by atoms with van der Waals surface area (Å²) in [6, 6.07) is 19.8. The fourth-order valence-corrected chi connectivity index (χ4v) is 2.43. The second kappa shape index (κ2) is 5.94. The molecule has 2 N–H and O–H groups in total. The Balaban J connectivity index is 1.99. The molecule has 3 rings (SSSR count). The third-order valence-corrected chi connectivity index (χ3v) is 3.46. The SMILES string of the molecule is CC(N)C(Oc1cccc2cccnc12)c1ccccc1. The van der Waals surface area contributed by atoms with Crippen LogP contribution in [0, 0.1) is 0 Å². The maximum atomic E-state index is 6.19. The molecule has 0 saturated heterocycles. The maximum absolute atomic E-state index is 6.19. The summed E-state index contributed by atoms with van der Waals surface area (Å²) in [5.74, 6) is 0.763. The molecule has 0 saturated carbocycles. The van der Waals surface area contributed by atoms with Crippen molar-refractivity contribution in [2.24, 2.45) is 5.73 Å². The lowest BCUT2D eigenvalue weighted by Crippen LogP contribution is -2.29. The first-order valence-electron chi connectivity index (χ1n) is 7.06. The van der Waals surface area contributed by atoms with Crippen LogP contribution in [0.1, 0.15) is 18.6 Å². The molecule has 1 aromatic heterocycles.